The van der Waals surface area contributed by atoms with Crippen molar-refractivity contribution in [3.63, 3.8) is 0 Å². The molecule has 0 aromatic heterocycles. The van der Waals surface area contributed by atoms with Gasteiger partial charge < -0.3 is 25.3 Å². The zero-order chi connectivity index (χ0) is 18.1. The number of nitrogens with one attached hydrogen (secondary N) is 1. The zero-order valence-corrected chi connectivity index (χ0v) is 15.8. The molecule has 0 atom stereocenters. The molecule has 0 saturated carbocycles. The number of nitrogens with two attached hydrogens (primary N) is 1. The molecule has 0 aliphatic rings. The van der Waals surface area contributed by atoms with Crippen LogP contribution in [0.15, 0.2) is 42.5 Å². The summed E-state index contributed by atoms with van der Waals surface area (Å²) in [6.45, 7) is 0.936. The molecule has 2 aromatic rings. The Hall–Kier alpha value is -2.44. The third kappa shape index (κ3) is 6.46. The molecule has 1 amide bonds. The van der Waals surface area contributed by atoms with Crippen molar-refractivity contribution in [3.8, 4) is 17.2 Å². The Morgan fingerprint density at radius 2 is 1.73 bits per heavy atom. The highest BCUT2D eigenvalue weighted by molar-refractivity contribution is 5.90. The number of rotatable bonds is 9. The predicted molar refractivity (Wildman–Crippen MR) is 105 cm³/mol. The van der Waals surface area contributed by atoms with Gasteiger partial charge in [-0.3, -0.25) is 4.79 Å². The summed E-state index contributed by atoms with van der Waals surface area (Å²) >= 11 is 0. The van der Waals surface area contributed by atoms with Crippen LogP contribution >= 0.6 is 12.4 Å². The van der Waals surface area contributed by atoms with Crippen LogP contribution in [-0.2, 0) is 11.2 Å². The Morgan fingerprint density at radius 3 is 2.35 bits per heavy atom. The first-order valence-corrected chi connectivity index (χ1v) is 8.10. The van der Waals surface area contributed by atoms with Gasteiger partial charge in [-0.15, -0.1) is 12.4 Å². The van der Waals surface area contributed by atoms with Crippen LogP contribution in [0.4, 0.5) is 5.69 Å². The first-order valence-electron chi connectivity index (χ1n) is 8.10. The minimum absolute atomic E-state index is 0. The lowest BCUT2D eigenvalue weighted by Crippen LogP contribution is -2.12. The highest BCUT2D eigenvalue weighted by Gasteiger charge is 2.07. The third-order valence-electron chi connectivity index (χ3n) is 3.61. The van der Waals surface area contributed by atoms with E-state index in [-0.39, 0.29) is 18.3 Å². The van der Waals surface area contributed by atoms with Crippen molar-refractivity contribution < 1.29 is 19.0 Å². The summed E-state index contributed by atoms with van der Waals surface area (Å²) in [4.78, 5) is 12.1. The average Bonchev–Trinajstić information content (AvgIpc) is 2.65. The molecule has 2 rings (SSSR count). The lowest BCUT2D eigenvalue weighted by atomic mass is 10.1. The molecule has 7 heteroatoms. The van der Waals surface area contributed by atoms with Gasteiger partial charge in [0.15, 0.2) is 11.5 Å². The number of carbonyl (C=O) groups excluding carboxylic acids is 1. The molecule has 6 nitrogen and oxygen atoms in total. The maximum atomic E-state index is 12.1. The predicted octanol–water partition coefficient (Wildman–Crippen LogP) is 3.03. The SMILES string of the molecule is COc1ccc(CCC(=O)Nc2ccc(OCCN)cc2)cc1OC.Cl. The molecule has 3 N–H and O–H groups in total. The third-order valence-corrected chi connectivity index (χ3v) is 3.61. The second-order valence-electron chi connectivity index (χ2n) is 5.40. The minimum atomic E-state index is -0.0505. The van der Waals surface area contributed by atoms with E-state index in [1.54, 1.807) is 38.5 Å². The summed E-state index contributed by atoms with van der Waals surface area (Å²) < 4.78 is 15.9. The molecule has 142 valence electrons. The van der Waals surface area contributed by atoms with Crippen molar-refractivity contribution in [1.29, 1.82) is 0 Å². The Morgan fingerprint density at radius 1 is 1.04 bits per heavy atom. The summed E-state index contributed by atoms with van der Waals surface area (Å²) in [6, 6.07) is 12.9. The quantitative estimate of drug-likeness (QED) is 0.698. The van der Waals surface area contributed by atoms with Gasteiger partial charge in [0, 0.05) is 18.7 Å². The molecule has 0 aliphatic heterocycles. The van der Waals surface area contributed by atoms with Gasteiger partial charge in [-0.05, 0) is 48.4 Å². The van der Waals surface area contributed by atoms with Gasteiger partial charge in [-0.1, -0.05) is 6.07 Å². The number of hydrogen-bond acceptors (Lipinski definition) is 5. The number of aryl methyl sites for hydroxylation is 1. The smallest absolute Gasteiger partial charge is 0.224 e. The van der Waals surface area contributed by atoms with E-state index in [9.17, 15) is 4.79 Å². The number of hydrogen-bond donors (Lipinski definition) is 2. The average molecular weight is 381 g/mol. The van der Waals surface area contributed by atoms with Crippen LogP contribution in [0.3, 0.4) is 0 Å². The number of anilines is 1. The van der Waals surface area contributed by atoms with Crippen molar-refractivity contribution in [3.05, 3.63) is 48.0 Å². The van der Waals surface area contributed by atoms with Crippen LogP contribution in [0.2, 0.25) is 0 Å². The molecule has 0 unspecified atom stereocenters. The molecule has 26 heavy (non-hydrogen) atoms. The Balaban J connectivity index is 0.00000338. The standard InChI is InChI=1S/C19H24N2O4.ClH/c1-23-17-9-3-14(13-18(17)24-2)4-10-19(22)21-15-5-7-16(8-6-15)25-12-11-20;/h3,5-9,13H,4,10-12,20H2,1-2H3,(H,21,22);1H. The monoisotopic (exact) mass is 380 g/mol. The molecule has 2 aromatic carbocycles. The summed E-state index contributed by atoms with van der Waals surface area (Å²) in [5, 5.41) is 2.87. The van der Waals surface area contributed by atoms with E-state index in [0.717, 1.165) is 17.0 Å². The number of methoxy groups -OCH3 is 2. The van der Waals surface area contributed by atoms with Crippen LogP contribution in [0.1, 0.15) is 12.0 Å². The molecule has 0 radical (unpaired) electrons. The van der Waals surface area contributed by atoms with Crippen LogP contribution in [0.25, 0.3) is 0 Å². The molecule has 0 heterocycles. The van der Waals surface area contributed by atoms with Crippen molar-refractivity contribution >= 4 is 24.0 Å². The van der Waals surface area contributed by atoms with Gasteiger partial charge >= 0.3 is 0 Å². The Labute approximate surface area is 160 Å². The van der Waals surface area contributed by atoms with E-state index in [4.69, 9.17) is 19.9 Å². The second kappa shape index (κ2) is 11.2. The number of benzene rings is 2. The van der Waals surface area contributed by atoms with Crippen molar-refractivity contribution in [2.24, 2.45) is 5.73 Å². The molecule has 0 bridgehead atoms. The summed E-state index contributed by atoms with van der Waals surface area (Å²) in [5.74, 6) is 2.01. The fraction of sp³-hybridized carbons (Fsp3) is 0.316. The number of ether oxygens (including phenoxy) is 3. The van der Waals surface area contributed by atoms with Gasteiger partial charge in [-0.25, -0.2) is 0 Å². The van der Waals surface area contributed by atoms with Crippen molar-refractivity contribution in [2.45, 2.75) is 12.8 Å². The van der Waals surface area contributed by atoms with Crippen LogP contribution in [0.5, 0.6) is 17.2 Å². The number of carbonyl (C=O) groups is 1. The second-order valence-corrected chi connectivity index (χ2v) is 5.40. The lowest BCUT2D eigenvalue weighted by molar-refractivity contribution is -0.116. The number of amides is 1. The minimum Gasteiger partial charge on any atom is -0.493 e. The largest absolute Gasteiger partial charge is 0.493 e. The molecule has 0 aliphatic carbocycles. The summed E-state index contributed by atoms with van der Waals surface area (Å²) in [6.07, 6.45) is 0.991. The van der Waals surface area contributed by atoms with E-state index in [0.29, 0.717) is 37.5 Å². The van der Waals surface area contributed by atoms with E-state index in [1.165, 1.54) is 0 Å². The van der Waals surface area contributed by atoms with Crippen LogP contribution in [0, 0.1) is 0 Å². The first-order chi connectivity index (χ1) is 12.2. The topological polar surface area (TPSA) is 82.8 Å². The Bertz CT molecular complexity index is 692. The molecule has 0 fully saturated rings. The van der Waals surface area contributed by atoms with E-state index in [1.807, 2.05) is 18.2 Å². The molecule has 0 spiro atoms. The fourth-order valence-corrected chi connectivity index (χ4v) is 2.33. The van der Waals surface area contributed by atoms with E-state index in [2.05, 4.69) is 5.32 Å². The number of halogens is 1. The maximum absolute atomic E-state index is 12.1. The van der Waals surface area contributed by atoms with Gasteiger partial charge in [0.1, 0.15) is 12.4 Å². The molecular weight excluding hydrogens is 356 g/mol. The van der Waals surface area contributed by atoms with Gasteiger partial charge in [-0.2, -0.15) is 0 Å². The van der Waals surface area contributed by atoms with Gasteiger partial charge in [0.2, 0.25) is 5.91 Å². The summed E-state index contributed by atoms with van der Waals surface area (Å²) in [7, 11) is 3.19. The van der Waals surface area contributed by atoms with Crippen LogP contribution < -0.4 is 25.3 Å². The van der Waals surface area contributed by atoms with E-state index < -0.39 is 0 Å². The van der Waals surface area contributed by atoms with Gasteiger partial charge in [0.25, 0.3) is 0 Å². The van der Waals surface area contributed by atoms with Crippen LogP contribution in [-0.4, -0.2) is 33.3 Å². The zero-order valence-electron chi connectivity index (χ0n) is 15.0. The summed E-state index contributed by atoms with van der Waals surface area (Å²) in [5.41, 5.74) is 7.14. The van der Waals surface area contributed by atoms with E-state index >= 15 is 0 Å². The lowest BCUT2D eigenvalue weighted by Gasteiger charge is -2.10. The molecule has 0 saturated heterocycles. The highest BCUT2D eigenvalue weighted by atomic mass is 35.5. The normalized spacial score (nSPS) is 9.81. The maximum Gasteiger partial charge on any atom is 0.224 e. The first kappa shape index (κ1) is 21.6. The fourth-order valence-electron chi connectivity index (χ4n) is 2.33. The highest BCUT2D eigenvalue weighted by Crippen LogP contribution is 2.28. The Kier molecular flexibility index (Phi) is 9.33. The van der Waals surface area contributed by atoms with Gasteiger partial charge in [0.05, 0.1) is 14.2 Å². The molecular formula is C19H25ClN2O4. The van der Waals surface area contributed by atoms with Crippen molar-refractivity contribution in [2.75, 3.05) is 32.7 Å². The van der Waals surface area contributed by atoms with Crippen molar-refractivity contribution in [1.82, 2.24) is 0 Å².